The van der Waals surface area contributed by atoms with Crippen LogP contribution in [-0.4, -0.2) is 15.8 Å². The molecule has 2 aromatic rings. The molecule has 0 unspecified atom stereocenters. The Morgan fingerprint density at radius 2 is 2.15 bits per heavy atom. The van der Waals surface area contributed by atoms with Crippen LogP contribution in [0, 0.1) is 0 Å². The molecule has 0 amide bonds. The zero-order valence-electron chi connectivity index (χ0n) is 12.1. The molecule has 0 atom stereocenters. The topological polar surface area (TPSA) is 39.1 Å². The van der Waals surface area contributed by atoms with Gasteiger partial charge in [0.15, 0.2) is 0 Å². The van der Waals surface area contributed by atoms with Crippen molar-refractivity contribution in [1.29, 1.82) is 0 Å². The molecule has 4 nitrogen and oxygen atoms in total. The van der Waals surface area contributed by atoms with Crippen LogP contribution in [0.3, 0.4) is 0 Å². The highest BCUT2D eigenvalue weighted by Gasteiger charge is 2.05. The van der Waals surface area contributed by atoms with E-state index >= 15 is 0 Å². The third kappa shape index (κ3) is 4.25. The Balaban J connectivity index is 1.95. The summed E-state index contributed by atoms with van der Waals surface area (Å²) in [7, 11) is 1.88. The van der Waals surface area contributed by atoms with Crippen LogP contribution >= 0.6 is 11.6 Å². The van der Waals surface area contributed by atoms with Crippen molar-refractivity contribution in [2.24, 2.45) is 7.05 Å². The van der Waals surface area contributed by atoms with E-state index in [0.29, 0.717) is 23.4 Å². The standard InChI is InChI=1S/C15H20ClN3O/c1-11(2)17-7-12-4-5-15(14(16)6-12)20-10-13-8-18-19(3)9-13/h4-6,8-9,11,17H,7,10H2,1-3H3. The molecule has 1 heterocycles. The molecule has 0 saturated carbocycles. The second-order valence-electron chi connectivity index (χ2n) is 5.11. The van der Waals surface area contributed by atoms with E-state index in [2.05, 4.69) is 24.3 Å². The van der Waals surface area contributed by atoms with Crippen molar-refractivity contribution in [3.63, 3.8) is 0 Å². The number of rotatable bonds is 6. The number of halogens is 1. The Kier molecular flexibility index (Phi) is 5.04. The van der Waals surface area contributed by atoms with Gasteiger partial charge < -0.3 is 10.1 Å². The Morgan fingerprint density at radius 3 is 2.75 bits per heavy atom. The second kappa shape index (κ2) is 6.77. The number of hydrogen-bond acceptors (Lipinski definition) is 3. The average Bonchev–Trinajstić information content (AvgIpc) is 2.81. The smallest absolute Gasteiger partial charge is 0.138 e. The minimum Gasteiger partial charge on any atom is -0.487 e. The van der Waals surface area contributed by atoms with E-state index in [-0.39, 0.29) is 0 Å². The number of aromatic nitrogens is 2. The number of nitrogens with zero attached hydrogens (tertiary/aromatic N) is 2. The summed E-state index contributed by atoms with van der Waals surface area (Å²) in [6.45, 7) is 5.51. The van der Waals surface area contributed by atoms with Crippen molar-refractivity contribution in [3.8, 4) is 5.75 Å². The van der Waals surface area contributed by atoms with Gasteiger partial charge in [-0.1, -0.05) is 31.5 Å². The molecule has 0 aliphatic carbocycles. The summed E-state index contributed by atoms with van der Waals surface area (Å²) in [5.74, 6) is 0.698. The van der Waals surface area contributed by atoms with Crippen molar-refractivity contribution in [2.45, 2.75) is 33.0 Å². The molecule has 0 bridgehead atoms. The van der Waals surface area contributed by atoms with Crippen LogP contribution in [0.2, 0.25) is 5.02 Å². The summed E-state index contributed by atoms with van der Waals surface area (Å²) in [6, 6.07) is 6.33. The van der Waals surface area contributed by atoms with Gasteiger partial charge >= 0.3 is 0 Å². The SMILES string of the molecule is CC(C)NCc1ccc(OCc2cnn(C)c2)c(Cl)c1. The summed E-state index contributed by atoms with van der Waals surface area (Å²) in [4.78, 5) is 0. The lowest BCUT2D eigenvalue weighted by Crippen LogP contribution is -2.21. The van der Waals surface area contributed by atoms with E-state index < -0.39 is 0 Å². The van der Waals surface area contributed by atoms with Crippen LogP contribution in [-0.2, 0) is 20.2 Å². The normalized spacial score (nSPS) is 11.1. The van der Waals surface area contributed by atoms with E-state index in [9.17, 15) is 0 Å². The molecule has 1 N–H and O–H groups in total. The van der Waals surface area contributed by atoms with E-state index in [1.54, 1.807) is 10.9 Å². The molecule has 2 rings (SSSR count). The first-order valence-electron chi connectivity index (χ1n) is 6.66. The number of nitrogens with one attached hydrogen (secondary N) is 1. The van der Waals surface area contributed by atoms with Gasteiger partial charge in [0.2, 0.25) is 0 Å². The van der Waals surface area contributed by atoms with E-state index in [4.69, 9.17) is 16.3 Å². The zero-order valence-corrected chi connectivity index (χ0v) is 12.8. The number of aryl methyl sites for hydroxylation is 1. The number of hydrogen-bond donors (Lipinski definition) is 1. The fourth-order valence-corrected chi connectivity index (χ4v) is 2.06. The highest BCUT2D eigenvalue weighted by Crippen LogP contribution is 2.26. The maximum Gasteiger partial charge on any atom is 0.138 e. The minimum absolute atomic E-state index is 0.454. The molecule has 1 aromatic carbocycles. The predicted molar refractivity (Wildman–Crippen MR) is 81.0 cm³/mol. The maximum atomic E-state index is 6.24. The predicted octanol–water partition coefficient (Wildman–Crippen LogP) is 3.15. The Morgan fingerprint density at radius 1 is 1.35 bits per heavy atom. The van der Waals surface area contributed by atoms with E-state index in [1.165, 1.54) is 0 Å². The molecule has 1 aromatic heterocycles. The Hall–Kier alpha value is -1.52. The lowest BCUT2D eigenvalue weighted by molar-refractivity contribution is 0.306. The van der Waals surface area contributed by atoms with Crippen LogP contribution in [0.15, 0.2) is 30.6 Å². The fourth-order valence-electron chi connectivity index (χ4n) is 1.80. The summed E-state index contributed by atoms with van der Waals surface area (Å²) in [6.07, 6.45) is 3.71. The second-order valence-corrected chi connectivity index (χ2v) is 5.52. The largest absolute Gasteiger partial charge is 0.487 e. The Bertz CT molecular complexity index is 566. The molecular formula is C15H20ClN3O. The van der Waals surface area contributed by atoms with Gasteiger partial charge in [0, 0.05) is 31.4 Å². The minimum atomic E-state index is 0.454. The Labute approximate surface area is 124 Å². The van der Waals surface area contributed by atoms with Crippen molar-refractivity contribution in [3.05, 3.63) is 46.7 Å². The van der Waals surface area contributed by atoms with Gasteiger partial charge in [-0.2, -0.15) is 5.10 Å². The summed E-state index contributed by atoms with van der Waals surface area (Å²) in [5.41, 5.74) is 2.17. The van der Waals surface area contributed by atoms with Crippen LogP contribution in [0.5, 0.6) is 5.75 Å². The van der Waals surface area contributed by atoms with Gasteiger partial charge in [-0.25, -0.2) is 0 Å². The number of benzene rings is 1. The molecule has 0 saturated heterocycles. The first kappa shape index (κ1) is 14.9. The average molecular weight is 294 g/mol. The van der Waals surface area contributed by atoms with Gasteiger partial charge in [0.1, 0.15) is 12.4 Å². The summed E-state index contributed by atoms with van der Waals surface area (Å²) >= 11 is 6.24. The molecule has 5 heteroatoms. The molecular weight excluding hydrogens is 274 g/mol. The molecule has 108 valence electrons. The highest BCUT2D eigenvalue weighted by molar-refractivity contribution is 6.32. The monoisotopic (exact) mass is 293 g/mol. The van der Waals surface area contributed by atoms with Crippen molar-refractivity contribution >= 4 is 11.6 Å². The van der Waals surface area contributed by atoms with E-state index in [1.807, 2.05) is 31.4 Å². The van der Waals surface area contributed by atoms with Gasteiger partial charge in [-0.05, 0) is 17.7 Å². The van der Waals surface area contributed by atoms with Crippen molar-refractivity contribution in [1.82, 2.24) is 15.1 Å². The third-order valence-electron chi connectivity index (χ3n) is 2.86. The van der Waals surface area contributed by atoms with E-state index in [0.717, 1.165) is 17.7 Å². The lowest BCUT2D eigenvalue weighted by atomic mass is 10.2. The van der Waals surface area contributed by atoms with Gasteiger partial charge in [-0.3, -0.25) is 4.68 Å². The molecule has 0 aliphatic heterocycles. The molecule has 0 aliphatic rings. The summed E-state index contributed by atoms with van der Waals surface area (Å²) in [5, 5.41) is 8.10. The quantitative estimate of drug-likeness (QED) is 0.889. The maximum absolute atomic E-state index is 6.24. The molecule has 0 spiro atoms. The first-order valence-corrected chi connectivity index (χ1v) is 7.04. The lowest BCUT2D eigenvalue weighted by Gasteiger charge is -2.11. The fraction of sp³-hybridized carbons (Fsp3) is 0.400. The van der Waals surface area contributed by atoms with Crippen molar-refractivity contribution in [2.75, 3.05) is 0 Å². The first-order chi connectivity index (χ1) is 9.54. The van der Waals surface area contributed by atoms with Gasteiger partial charge in [-0.15, -0.1) is 0 Å². The highest BCUT2D eigenvalue weighted by atomic mass is 35.5. The molecule has 20 heavy (non-hydrogen) atoms. The van der Waals surface area contributed by atoms with Crippen LogP contribution in [0.1, 0.15) is 25.0 Å². The zero-order chi connectivity index (χ0) is 14.5. The van der Waals surface area contributed by atoms with Gasteiger partial charge in [0.05, 0.1) is 11.2 Å². The van der Waals surface area contributed by atoms with Crippen molar-refractivity contribution < 1.29 is 4.74 Å². The van der Waals surface area contributed by atoms with Gasteiger partial charge in [0.25, 0.3) is 0 Å². The van der Waals surface area contributed by atoms with Crippen LogP contribution < -0.4 is 10.1 Å². The summed E-state index contributed by atoms with van der Waals surface area (Å²) < 4.78 is 7.46. The molecule has 0 fully saturated rings. The van der Waals surface area contributed by atoms with Crippen LogP contribution in [0.25, 0.3) is 0 Å². The van der Waals surface area contributed by atoms with Crippen LogP contribution in [0.4, 0.5) is 0 Å². The number of ether oxygens (including phenoxy) is 1. The third-order valence-corrected chi connectivity index (χ3v) is 3.16. The molecule has 0 radical (unpaired) electrons.